The van der Waals surface area contributed by atoms with E-state index in [1.807, 2.05) is 4.68 Å². The van der Waals surface area contributed by atoms with Gasteiger partial charge in [0.15, 0.2) is 0 Å². The third kappa shape index (κ3) is 3.64. The van der Waals surface area contributed by atoms with E-state index in [1.54, 1.807) is 17.7 Å². The maximum atomic E-state index is 4.28. The zero-order valence-electron chi connectivity index (χ0n) is 10.3. The quantitative estimate of drug-likeness (QED) is 0.855. The summed E-state index contributed by atoms with van der Waals surface area (Å²) in [6.07, 6.45) is 1.63. The van der Waals surface area contributed by atoms with Crippen molar-refractivity contribution in [2.45, 2.75) is 33.5 Å². The van der Waals surface area contributed by atoms with Gasteiger partial charge >= 0.3 is 0 Å². The molecule has 0 bridgehead atoms. The van der Waals surface area contributed by atoms with Crippen LogP contribution in [0.5, 0.6) is 0 Å². The predicted molar refractivity (Wildman–Crippen MR) is 69.7 cm³/mol. The topological polar surface area (TPSA) is 42.7 Å². The van der Waals surface area contributed by atoms with E-state index in [0.717, 1.165) is 25.5 Å². The van der Waals surface area contributed by atoms with Crippen LogP contribution in [0.2, 0.25) is 0 Å². The van der Waals surface area contributed by atoms with Crippen molar-refractivity contribution in [2.24, 2.45) is 5.92 Å². The van der Waals surface area contributed by atoms with E-state index in [-0.39, 0.29) is 0 Å². The molecule has 0 radical (unpaired) electrons. The van der Waals surface area contributed by atoms with Crippen LogP contribution in [0.3, 0.4) is 0 Å². The van der Waals surface area contributed by atoms with Crippen LogP contribution in [-0.4, -0.2) is 14.8 Å². The molecule has 17 heavy (non-hydrogen) atoms. The van der Waals surface area contributed by atoms with E-state index in [0.29, 0.717) is 5.92 Å². The van der Waals surface area contributed by atoms with E-state index >= 15 is 0 Å². The number of thiophene rings is 1. The van der Waals surface area contributed by atoms with Gasteiger partial charge in [0, 0.05) is 13.1 Å². The average Bonchev–Trinajstić information content (AvgIpc) is 2.90. The van der Waals surface area contributed by atoms with Gasteiger partial charge in [-0.3, -0.25) is 0 Å². The standard InChI is InChI=1S/C12H18N4S/c1-10(2)7-16-12(14-9-15-16)6-13-5-11-3-4-17-8-11/h3-4,8-10,13H,5-7H2,1-2H3. The van der Waals surface area contributed by atoms with Gasteiger partial charge in [0.2, 0.25) is 0 Å². The van der Waals surface area contributed by atoms with Crippen LogP contribution in [0, 0.1) is 5.92 Å². The van der Waals surface area contributed by atoms with Crippen molar-refractivity contribution < 1.29 is 0 Å². The molecular formula is C12H18N4S. The molecule has 0 unspecified atom stereocenters. The van der Waals surface area contributed by atoms with Gasteiger partial charge in [-0.1, -0.05) is 13.8 Å². The van der Waals surface area contributed by atoms with Crippen molar-refractivity contribution in [3.8, 4) is 0 Å². The normalized spacial score (nSPS) is 11.2. The first-order valence-corrected chi connectivity index (χ1v) is 6.78. The number of aromatic nitrogens is 3. The second kappa shape index (κ2) is 5.93. The van der Waals surface area contributed by atoms with Gasteiger partial charge in [0.05, 0.1) is 6.54 Å². The highest BCUT2D eigenvalue weighted by atomic mass is 32.1. The highest BCUT2D eigenvalue weighted by Crippen LogP contribution is 2.06. The van der Waals surface area contributed by atoms with Crippen molar-refractivity contribution in [3.63, 3.8) is 0 Å². The molecule has 2 aromatic heterocycles. The Hall–Kier alpha value is -1.20. The Labute approximate surface area is 106 Å². The molecule has 0 saturated heterocycles. The first kappa shape index (κ1) is 12.3. The molecule has 0 saturated carbocycles. The molecule has 0 aliphatic rings. The van der Waals surface area contributed by atoms with Crippen LogP contribution in [-0.2, 0) is 19.6 Å². The average molecular weight is 250 g/mol. The Bertz CT molecular complexity index is 433. The Morgan fingerprint density at radius 1 is 1.41 bits per heavy atom. The van der Waals surface area contributed by atoms with Crippen LogP contribution in [0.1, 0.15) is 25.2 Å². The van der Waals surface area contributed by atoms with Crippen molar-refractivity contribution in [1.82, 2.24) is 20.1 Å². The lowest BCUT2D eigenvalue weighted by molar-refractivity contribution is 0.457. The van der Waals surface area contributed by atoms with Gasteiger partial charge < -0.3 is 5.32 Å². The lowest BCUT2D eigenvalue weighted by Crippen LogP contribution is -2.18. The van der Waals surface area contributed by atoms with E-state index < -0.39 is 0 Å². The van der Waals surface area contributed by atoms with Crippen LogP contribution in [0.25, 0.3) is 0 Å². The molecule has 92 valence electrons. The summed E-state index contributed by atoms with van der Waals surface area (Å²) < 4.78 is 1.98. The van der Waals surface area contributed by atoms with Crippen LogP contribution in [0.4, 0.5) is 0 Å². The number of nitrogens with one attached hydrogen (secondary N) is 1. The first-order chi connectivity index (χ1) is 8.25. The lowest BCUT2D eigenvalue weighted by Gasteiger charge is -2.08. The fourth-order valence-electron chi connectivity index (χ4n) is 1.64. The van der Waals surface area contributed by atoms with Gasteiger partial charge in [0.25, 0.3) is 0 Å². The second-order valence-electron chi connectivity index (χ2n) is 4.49. The molecule has 0 fully saturated rings. The van der Waals surface area contributed by atoms with Crippen molar-refractivity contribution >= 4 is 11.3 Å². The highest BCUT2D eigenvalue weighted by molar-refractivity contribution is 7.07. The van der Waals surface area contributed by atoms with Crippen LogP contribution in [0.15, 0.2) is 23.2 Å². The Balaban J connectivity index is 1.84. The molecule has 0 atom stereocenters. The van der Waals surface area contributed by atoms with Gasteiger partial charge in [0.1, 0.15) is 12.2 Å². The minimum absolute atomic E-state index is 0.590. The lowest BCUT2D eigenvalue weighted by atomic mass is 10.2. The molecular weight excluding hydrogens is 232 g/mol. The molecule has 5 heteroatoms. The summed E-state index contributed by atoms with van der Waals surface area (Å²) in [6, 6.07) is 2.14. The van der Waals surface area contributed by atoms with Gasteiger partial charge in [-0.25, -0.2) is 9.67 Å². The smallest absolute Gasteiger partial charge is 0.140 e. The molecule has 0 aliphatic heterocycles. The summed E-state index contributed by atoms with van der Waals surface area (Å²) in [5, 5.41) is 11.9. The monoisotopic (exact) mass is 250 g/mol. The summed E-state index contributed by atoms with van der Waals surface area (Å²) in [7, 11) is 0. The molecule has 0 amide bonds. The van der Waals surface area contributed by atoms with Gasteiger partial charge in [-0.15, -0.1) is 0 Å². The minimum Gasteiger partial charge on any atom is -0.306 e. The van der Waals surface area contributed by atoms with Crippen LogP contribution < -0.4 is 5.32 Å². The summed E-state index contributed by atoms with van der Waals surface area (Å²) in [5.74, 6) is 1.60. The number of hydrogen-bond donors (Lipinski definition) is 1. The number of nitrogens with zero attached hydrogens (tertiary/aromatic N) is 3. The maximum absolute atomic E-state index is 4.28. The SMILES string of the molecule is CC(C)Cn1ncnc1CNCc1ccsc1. The number of hydrogen-bond acceptors (Lipinski definition) is 4. The van der Waals surface area contributed by atoms with E-state index in [2.05, 4.69) is 46.1 Å². The molecule has 0 spiro atoms. The second-order valence-corrected chi connectivity index (χ2v) is 5.27. The van der Waals surface area contributed by atoms with E-state index in [1.165, 1.54) is 5.56 Å². The Morgan fingerprint density at radius 2 is 2.29 bits per heavy atom. The summed E-state index contributed by atoms with van der Waals surface area (Å²) in [5.41, 5.74) is 1.32. The van der Waals surface area contributed by atoms with Crippen molar-refractivity contribution in [2.75, 3.05) is 0 Å². The zero-order valence-corrected chi connectivity index (χ0v) is 11.1. The van der Waals surface area contributed by atoms with E-state index in [4.69, 9.17) is 0 Å². The van der Waals surface area contributed by atoms with E-state index in [9.17, 15) is 0 Å². The third-order valence-corrected chi connectivity index (χ3v) is 3.16. The predicted octanol–water partition coefficient (Wildman–Crippen LogP) is 2.29. The highest BCUT2D eigenvalue weighted by Gasteiger charge is 2.05. The molecule has 2 rings (SSSR count). The fourth-order valence-corrected chi connectivity index (χ4v) is 2.30. The molecule has 4 nitrogen and oxygen atoms in total. The van der Waals surface area contributed by atoms with Crippen molar-refractivity contribution in [3.05, 3.63) is 34.5 Å². The summed E-state index contributed by atoms with van der Waals surface area (Å²) in [6.45, 7) is 6.95. The Kier molecular flexibility index (Phi) is 4.28. The molecule has 1 N–H and O–H groups in total. The number of rotatable bonds is 6. The summed E-state index contributed by atoms with van der Waals surface area (Å²) in [4.78, 5) is 4.28. The maximum Gasteiger partial charge on any atom is 0.140 e. The summed E-state index contributed by atoms with van der Waals surface area (Å²) >= 11 is 1.73. The fraction of sp³-hybridized carbons (Fsp3) is 0.500. The van der Waals surface area contributed by atoms with Gasteiger partial charge in [-0.05, 0) is 28.3 Å². The van der Waals surface area contributed by atoms with Gasteiger partial charge in [-0.2, -0.15) is 16.4 Å². The Morgan fingerprint density at radius 3 is 3.00 bits per heavy atom. The largest absolute Gasteiger partial charge is 0.306 e. The minimum atomic E-state index is 0.590. The third-order valence-electron chi connectivity index (χ3n) is 2.43. The van der Waals surface area contributed by atoms with Crippen molar-refractivity contribution in [1.29, 1.82) is 0 Å². The zero-order chi connectivity index (χ0) is 12.1. The molecule has 2 aromatic rings. The van der Waals surface area contributed by atoms with Crippen LogP contribution >= 0.6 is 11.3 Å². The molecule has 2 heterocycles. The molecule has 0 aliphatic carbocycles. The first-order valence-electron chi connectivity index (χ1n) is 5.84. The molecule has 0 aromatic carbocycles.